The quantitative estimate of drug-likeness (QED) is 0.835. The molecule has 1 saturated heterocycles. The predicted octanol–water partition coefficient (Wildman–Crippen LogP) is 1.60. The molecule has 21 heavy (non-hydrogen) atoms. The number of nitrogens with zero attached hydrogens (tertiary/aromatic N) is 1. The number of ether oxygens (including phenoxy) is 2. The van der Waals surface area contributed by atoms with E-state index >= 15 is 0 Å². The minimum absolute atomic E-state index is 0.0753. The zero-order valence-electron chi connectivity index (χ0n) is 13.2. The molecule has 2 N–H and O–H groups in total. The van der Waals surface area contributed by atoms with Gasteiger partial charge >= 0.3 is 0 Å². The normalized spacial score (nSPS) is 16.9. The van der Waals surface area contributed by atoms with Gasteiger partial charge in [0.15, 0.2) is 0 Å². The Kier molecular flexibility index (Phi) is 5.45. The lowest BCUT2D eigenvalue weighted by Gasteiger charge is -2.41. The van der Waals surface area contributed by atoms with E-state index in [1.807, 2.05) is 12.1 Å². The van der Waals surface area contributed by atoms with E-state index in [0.29, 0.717) is 12.3 Å². The summed E-state index contributed by atoms with van der Waals surface area (Å²) in [5, 5.41) is 13.4. The molecule has 1 aromatic rings. The van der Waals surface area contributed by atoms with Crippen molar-refractivity contribution < 1.29 is 14.6 Å². The Hall–Kier alpha value is -1.30. The second-order valence-corrected chi connectivity index (χ2v) is 6.01. The first-order valence-electron chi connectivity index (χ1n) is 7.42. The van der Waals surface area contributed by atoms with E-state index < -0.39 is 0 Å². The van der Waals surface area contributed by atoms with Crippen LogP contribution in [0.4, 0.5) is 0 Å². The fourth-order valence-corrected chi connectivity index (χ4v) is 2.60. The second kappa shape index (κ2) is 7.11. The molecule has 5 heteroatoms. The maximum absolute atomic E-state index is 9.95. The molecule has 0 radical (unpaired) electrons. The van der Waals surface area contributed by atoms with Crippen LogP contribution in [0, 0.1) is 0 Å². The lowest BCUT2D eigenvalue weighted by molar-refractivity contribution is -0.00967. The van der Waals surface area contributed by atoms with E-state index in [-0.39, 0.29) is 11.3 Å². The Labute approximate surface area is 126 Å². The molecular weight excluding hydrogens is 268 g/mol. The lowest BCUT2D eigenvalue weighted by atomic mass is 10.0. The van der Waals surface area contributed by atoms with E-state index in [2.05, 4.69) is 24.1 Å². The summed E-state index contributed by atoms with van der Waals surface area (Å²) in [5.74, 6) is 0.941. The van der Waals surface area contributed by atoms with Crippen molar-refractivity contribution in [3.63, 3.8) is 0 Å². The standard InChI is InChI=1S/C16H26N2O3/c1-16(2,18-6-8-21-9-7-18)12-17-11-13-4-5-14(20-3)10-15(13)19/h4-5,10,17,19H,6-9,11-12H2,1-3H3. The molecule has 1 fully saturated rings. The number of morpholine rings is 1. The van der Waals surface area contributed by atoms with Gasteiger partial charge in [0.25, 0.3) is 0 Å². The van der Waals surface area contributed by atoms with Crippen LogP contribution in [0.2, 0.25) is 0 Å². The third-order valence-corrected chi connectivity index (χ3v) is 4.03. The van der Waals surface area contributed by atoms with Crippen LogP contribution in [0.1, 0.15) is 19.4 Å². The molecule has 2 rings (SSSR count). The Bertz CT molecular complexity index is 457. The molecule has 0 atom stereocenters. The van der Waals surface area contributed by atoms with E-state index in [1.165, 1.54) is 0 Å². The van der Waals surface area contributed by atoms with Crippen LogP contribution in [-0.4, -0.2) is 55.5 Å². The van der Waals surface area contributed by atoms with Crippen LogP contribution in [0.15, 0.2) is 18.2 Å². The van der Waals surface area contributed by atoms with Gasteiger partial charge in [0, 0.05) is 43.3 Å². The zero-order valence-corrected chi connectivity index (χ0v) is 13.2. The second-order valence-electron chi connectivity index (χ2n) is 6.01. The monoisotopic (exact) mass is 294 g/mol. The van der Waals surface area contributed by atoms with Crippen molar-refractivity contribution in [3.8, 4) is 11.5 Å². The first-order chi connectivity index (χ1) is 10.0. The van der Waals surface area contributed by atoms with Crippen LogP contribution < -0.4 is 10.1 Å². The van der Waals surface area contributed by atoms with E-state index in [9.17, 15) is 5.11 Å². The summed E-state index contributed by atoms with van der Waals surface area (Å²) in [7, 11) is 1.59. The highest BCUT2D eigenvalue weighted by atomic mass is 16.5. The highest BCUT2D eigenvalue weighted by molar-refractivity contribution is 5.39. The Morgan fingerprint density at radius 2 is 2.05 bits per heavy atom. The molecule has 1 aliphatic heterocycles. The van der Waals surface area contributed by atoms with Gasteiger partial charge in [0.05, 0.1) is 20.3 Å². The number of aromatic hydroxyl groups is 1. The number of benzene rings is 1. The Morgan fingerprint density at radius 3 is 2.67 bits per heavy atom. The molecule has 0 bridgehead atoms. The molecule has 0 aliphatic carbocycles. The van der Waals surface area contributed by atoms with Crippen molar-refractivity contribution in [2.24, 2.45) is 0 Å². The van der Waals surface area contributed by atoms with E-state index in [1.54, 1.807) is 13.2 Å². The van der Waals surface area contributed by atoms with Gasteiger partial charge in [-0.2, -0.15) is 0 Å². The largest absolute Gasteiger partial charge is 0.507 e. The van der Waals surface area contributed by atoms with Gasteiger partial charge < -0.3 is 19.9 Å². The molecule has 5 nitrogen and oxygen atoms in total. The average Bonchev–Trinajstić information content (AvgIpc) is 2.49. The maximum atomic E-state index is 9.95. The average molecular weight is 294 g/mol. The summed E-state index contributed by atoms with van der Waals surface area (Å²) in [6, 6.07) is 5.40. The SMILES string of the molecule is COc1ccc(CNCC(C)(C)N2CCOCC2)c(O)c1. The van der Waals surface area contributed by atoms with Crippen LogP contribution in [0.25, 0.3) is 0 Å². The van der Waals surface area contributed by atoms with Gasteiger partial charge in [-0.3, -0.25) is 4.90 Å². The molecule has 0 aromatic heterocycles. The smallest absolute Gasteiger partial charge is 0.123 e. The van der Waals surface area contributed by atoms with Crippen molar-refractivity contribution >= 4 is 0 Å². The molecule has 118 valence electrons. The number of phenols is 1. The third kappa shape index (κ3) is 4.33. The lowest BCUT2D eigenvalue weighted by Crippen LogP contribution is -2.54. The third-order valence-electron chi connectivity index (χ3n) is 4.03. The fraction of sp³-hybridized carbons (Fsp3) is 0.625. The molecule has 0 amide bonds. The van der Waals surface area contributed by atoms with Gasteiger partial charge in [0.1, 0.15) is 11.5 Å². The minimum Gasteiger partial charge on any atom is -0.507 e. The van der Waals surface area contributed by atoms with Gasteiger partial charge in [-0.15, -0.1) is 0 Å². The van der Waals surface area contributed by atoms with Gasteiger partial charge in [-0.25, -0.2) is 0 Å². The summed E-state index contributed by atoms with van der Waals surface area (Å²) in [6.07, 6.45) is 0. The van der Waals surface area contributed by atoms with Crippen molar-refractivity contribution in [1.82, 2.24) is 10.2 Å². The van der Waals surface area contributed by atoms with Crippen LogP contribution >= 0.6 is 0 Å². The molecule has 1 heterocycles. The van der Waals surface area contributed by atoms with Gasteiger partial charge in [0.2, 0.25) is 0 Å². The molecule has 1 aromatic carbocycles. The fourth-order valence-electron chi connectivity index (χ4n) is 2.60. The van der Waals surface area contributed by atoms with Crippen LogP contribution in [0.5, 0.6) is 11.5 Å². The van der Waals surface area contributed by atoms with Gasteiger partial charge in [-0.05, 0) is 19.9 Å². The molecule has 0 unspecified atom stereocenters. The maximum Gasteiger partial charge on any atom is 0.123 e. The van der Waals surface area contributed by atoms with E-state index in [0.717, 1.165) is 38.4 Å². The summed E-state index contributed by atoms with van der Waals surface area (Å²) < 4.78 is 10.5. The number of nitrogens with one attached hydrogen (secondary N) is 1. The minimum atomic E-state index is 0.0753. The summed E-state index contributed by atoms with van der Waals surface area (Å²) >= 11 is 0. The molecule has 0 spiro atoms. The highest BCUT2D eigenvalue weighted by Gasteiger charge is 2.27. The molecule has 0 saturated carbocycles. The number of methoxy groups -OCH3 is 1. The molecule has 1 aliphatic rings. The van der Waals surface area contributed by atoms with Crippen molar-refractivity contribution in [3.05, 3.63) is 23.8 Å². The highest BCUT2D eigenvalue weighted by Crippen LogP contribution is 2.23. The zero-order chi connectivity index (χ0) is 15.3. The van der Waals surface area contributed by atoms with Crippen molar-refractivity contribution in [2.75, 3.05) is 40.0 Å². The number of hydrogen-bond donors (Lipinski definition) is 2. The molecular formula is C16H26N2O3. The van der Waals surface area contributed by atoms with Crippen molar-refractivity contribution in [2.45, 2.75) is 25.9 Å². The Balaban J connectivity index is 1.85. The summed E-state index contributed by atoms with van der Waals surface area (Å²) in [4.78, 5) is 2.44. The number of hydrogen-bond acceptors (Lipinski definition) is 5. The van der Waals surface area contributed by atoms with Crippen LogP contribution in [0.3, 0.4) is 0 Å². The van der Waals surface area contributed by atoms with Crippen LogP contribution in [-0.2, 0) is 11.3 Å². The van der Waals surface area contributed by atoms with E-state index in [4.69, 9.17) is 9.47 Å². The number of rotatable bonds is 6. The summed E-state index contributed by atoms with van der Waals surface area (Å²) in [5.41, 5.74) is 0.958. The number of phenolic OH excluding ortho intramolecular Hbond substituents is 1. The Morgan fingerprint density at radius 1 is 1.33 bits per heavy atom. The first-order valence-corrected chi connectivity index (χ1v) is 7.42. The predicted molar refractivity (Wildman–Crippen MR) is 82.8 cm³/mol. The topological polar surface area (TPSA) is 54.0 Å². The van der Waals surface area contributed by atoms with Gasteiger partial charge in [-0.1, -0.05) is 6.07 Å². The first kappa shape index (κ1) is 16.1. The van der Waals surface area contributed by atoms with Crippen molar-refractivity contribution in [1.29, 1.82) is 0 Å². The summed E-state index contributed by atoms with van der Waals surface area (Å²) in [6.45, 7) is 9.54.